The van der Waals surface area contributed by atoms with Gasteiger partial charge in [-0.15, -0.1) is 0 Å². The molecule has 42 heavy (non-hydrogen) atoms. The minimum Gasteiger partial charge on any atom is -0.461 e. The number of benzene rings is 2. The lowest BCUT2D eigenvalue weighted by Gasteiger charge is -2.40. The molecule has 0 saturated carbocycles. The van der Waals surface area contributed by atoms with Gasteiger partial charge < -0.3 is 19.4 Å². The quantitative estimate of drug-likeness (QED) is 0.389. The Hall–Kier alpha value is -3.35. The fraction of sp³-hybridized carbons (Fsp3) is 0.531. The standard InChI is InChI=1S/C32H35ClFN7O/c33-26-6-1-4-21-5-2-7-28(29(21)26)38-13-10-25-27(18-38)36-31(42-19-32-11-3-12-40(32)15-22(34)14-32)37-30(25)39-16-23-8-9-24(17-39)41(23)20-35/h1-2,4-7,22-24H,3,8-19H2/t22-,23?,24?,32+/m1/s1. The van der Waals surface area contributed by atoms with Gasteiger partial charge in [0.25, 0.3) is 0 Å². The zero-order valence-electron chi connectivity index (χ0n) is 23.7. The van der Waals surface area contributed by atoms with Crippen molar-refractivity contribution < 1.29 is 9.13 Å². The summed E-state index contributed by atoms with van der Waals surface area (Å²) < 4.78 is 20.9. The van der Waals surface area contributed by atoms with Gasteiger partial charge in [0.2, 0.25) is 0 Å². The van der Waals surface area contributed by atoms with E-state index in [0.717, 1.165) is 91.3 Å². The zero-order chi connectivity index (χ0) is 28.4. The highest BCUT2D eigenvalue weighted by molar-refractivity contribution is 6.36. The summed E-state index contributed by atoms with van der Waals surface area (Å²) in [6, 6.07) is 13.2. The van der Waals surface area contributed by atoms with Gasteiger partial charge in [-0.3, -0.25) is 4.90 Å². The first kappa shape index (κ1) is 26.3. The van der Waals surface area contributed by atoms with Crippen molar-refractivity contribution in [1.82, 2.24) is 19.8 Å². The van der Waals surface area contributed by atoms with Gasteiger partial charge in [-0.25, -0.2) is 4.39 Å². The molecule has 5 aliphatic rings. The first-order valence-electron chi connectivity index (χ1n) is 15.3. The summed E-state index contributed by atoms with van der Waals surface area (Å²) in [5, 5.41) is 12.7. The van der Waals surface area contributed by atoms with Crippen molar-refractivity contribution in [1.29, 1.82) is 5.26 Å². The summed E-state index contributed by atoms with van der Waals surface area (Å²) in [6.45, 7) is 4.83. The smallest absolute Gasteiger partial charge is 0.318 e. The molecule has 0 aliphatic carbocycles. The third-order valence-electron chi connectivity index (χ3n) is 10.3. The average Bonchev–Trinajstić information content (AvgIpc) is 3.61. The molecule has 5 aliphatic heterocycles. The van der Waals surface area contributed by atoms with Crippen LogP contribution in [0.4, 0.5) is 15.9 Å². The number of fused-ring (bicyclic) bond motifs is 5. The van der Waals surface area contributed by atoms with E-state index in [4.69, 9.17) is 26.3 Å². The monoisotopic (exact) mass is 587 g/mol. The van der Waals surface area contributed by atoms with Gasteiger partial charge in [0.1, 0.15) is 18.6 Å². The number of hydrogen-bond donors (Lipinski definition) is 0. The molecule has 4 atom stereocenters. The Kier molecular flexibility index (Phi) is 6.34. The summed E-state index contributed by atoms with van der Waals surface area (Å²) in [5.74, 6) is 0.940. The number of hydrogen-bond acceptors (Lipinski definition) is 8. The Labute approximate surface area is 250 Å². The van der Waals surface area contributed by atoms with Crippen LogP contribution in [0, 0.1) is 11.5 Å². The molecule has 0 N–H and O–H groups in total. The molecular weight excluding hydrogens is 553 g/mol. The number of piperazine rings is 1. The molecule has 10 heteroatoms. The third kappa shape index (κ3) is 4.25. The summed E-state index contributed by atoms with van der Waals surface area (Å²) >= 11 is 6.71. The predicted octanol–water partition coefficient (Wildman–Crippen LogP) is 4.94. The maximum Gasteiger partial charge on any atom is 0.318 e. The Morgan fingerprint density at radius 2 is 1.86 bits per heavy atom. The number of alkyl halides is 1. The first-order chi connectivity index (χ1) is 20.5. The van der Waals surface area contributed by atoms with Gasteiger partial charge in [0, 0.05) is 49.2 Å². The molecule has 4 saturated heterocycles. The van der Waals surface area contributed by atoms with E-state index in [0.29, 0.717) is 32.1 Å². The van der Waals surface area contributed by atoms with Crippen LogP contribution in [0.25, 0.3) is 10.8 Å². The van der Waals surface area contributed by atoms with E-state index in [9.17, 15) is 9.65 Å². The van der Waals surface area contributed by atoms with Gasteiger partial charge in [-0.05, 0) is 56.2 Å². The van der Waals surface area contributed by atoms with Gasteiger partial charge >= 0.3 is 6.01 Å². The van der Waals surface area contributed by atoms with Crippen molar-refractivity contribution in [2.75, 3.05) is 49.1 Å². The number of halogens is 2. The third-order valence-corrected chi connectivity index (χ3v) is 10.6. The van der Waals surface area contributed by atoms with E-state index >= 15 is 0 Å². The molecule has 0 amide bonds. The maximum atomic E-state index is 14.5. The minimum atomic E-state index is -0.804. The second kappa shape index (κ2) is 10.1. The van der Waals surface area contributed by atoms with Crippen LogP contribution < -0.4 is 14.5 Å². The molecular formula is C32H35ClFN7O. The van der Waals surface area contributed by atoms with Gasteiger partial charge in [0.05, 0.1) is 34.9 Å². The molecule has 6 heterocycles. The van der Waals surface area contributed by atoms with Crippen molar-refractivity contribution in [2.45, 2.75) is 68.9 Å². The highest BCUT2D eigenvalue weighted by Crippen LogP contribution is 2.42. The lowest BCUT2D eigenvalue weighted by Crippen LogP contribution is -2.52. The summed E-state index contributed by atoms with van der Waals surface area (Å²) in [7, 11) is 0. The van der Waals surface area contributed by atoms with E-state index in [1.807, 2.05) is 17.0 Å². The number of ether oxygens (including phenoxy) is 1. The van der Waals surface area contributed by atoms with Crippen molar-refractivity contribution in [3.05, 3.63) is 52.7 Å². The normalized spacial score (nSPS) is 28.7. The van der Waals surface area contributed by atoms with E-state index in [2.05, 4.69) is 45.2 Å². The Morgan fingerprint density at radius 3 is 2.67 bits per heavy atom. The first-order valence-corrected chi connectivity index (χ1v) is 15.7. The molecule has 0 radical (unpaired) electrons. The summed E-state index contributed by atoms with van der Waals surface area (Å²) in [4.78, 5) is 19.0. The number of rotatable bonds is 5. The lowest BCUT2D eigenvalue weighted by atomic mass is 9.95. The average molecular weight is 588 g/mol. The second-order valence-electron chi connectivity index (χ2n) is 12.7. The van der Waals surface area contributed by atoms with Crippen LogP contribution >= 0.6 is 11.6 Å². The van der Waals surface area contributed by atoms with Crippen LogP contribution in [0.3, 0.4) is 0 Å². The van der Waals surface area contributed by atoms with Crippen molar-refractivity contribution >= 4 is 33.9 Å². The number of aromatic nitrogens is 2. The fourth-order valence-electron chi connectivity index (χ4n) is 8.35. The Balaban J connectivity index is 1.14. The lowest BCUT2D eigenvalue weighted by molar-refractivity contribution is 0.107. The van der Waals surface area contributed by atoms with Crippen LogP contribution in [0.2, 0.25) is 5.02 Å². The van der Waals surface area contributed by atoms with Gasteiger partial charge in [-0.1, -0.05) is 35.9 Å². The molecule has 0 spiro atoms. The van der Waals surface area contributed by atoms with Crippen LogP contribution in [0.15, 0.2) is 36.4 Å². The Bertz CT molecular complexity index is 1560. The molecule has 218 valence electrons. The van der Waals surface area contributed by atoms with E-state index < -0.39 is 6.17 Å². The topological polar surface area (TPSA) is 71.8 Å². The number of nitriles is 1. The number of nitrogens with zero attached hydrogens (tertiary/aromatic N) is 7. The maximum absolute atomic E-state index is 14.5. The molecule has 2 aromatic carbocycles. The fourth-order valence-corrected chi connectivity index (χ4v) is 8.63. The van der Waals surface area contributed by atoms with Crippen molar-refractivity contribution in [3.63, 3.8) is 0 Å². The molecule has 8 nitrogen and oxygen atoms in total. The van der Waals surface area contributed by atoms with E-state index in [-0.39, 0.29) is 17.6 Å². The zero-order valence-corrected chi connectivity index (χ0v) is 24.4. The van der Waals surface area contributed by atoms with Crippen LogP contribution in [-0.2, 0) is 13.0 Å². The molecule has 3 aromatic rings. The summed E-state index contributed by atoms with van der Waals surface area (Å²) in [6.07, 6.45) is 7.02. The SMILES string of the molecule is N#CN1C2CCC1CN(c1nc(OC[C@@]34CCCN3C[C@H](F)C4)nc3c1CCN(c1cccc4cccc(Cl)c14)C3)C2. The molecule has 1 aromatic heterocycles. The van der Waals surface area contributed by atoms with E-state index in [1.165, 1.54) is 5.56 Å². The van der Waals surface area contributed by atoms with Gasteiger partial charge in [0.15, 0.2) is 6.19 Å². The van der Waals surface area contributed by atoms with E-state index in [1.54, 1.807) is 0 Å². The van der Waals surface area contributed by atoms with Crippen LogP contribution in [0.5, 0.6) is 6.01 Å². The second-order valence-corrected chi connectivity index (χ2v) is 13.1. The van der Waals surface area contributed by atoms with Gasteiger partial charge in [-0.2, -0.15) is 15.2 Å². The molecule has 2 unspecified atom stereocenters. The summed E-state index contributed by atoms with van der Waals surface area (Å²) in [5.41, 5.74) is 2.98. The highest BCUT2D eigenvalue weighted by atomic mass is 35.5. The molecule has 2 bridgehead atoms. The van der Waals surface area contributed by atoms with Crippen molar-refractivity contribution in [2.24, 2.45) is 0 Å². The largest absolute Gasteiger partial charge is 0.461 e. The Morgan fingerprint density at radius 1 is 1.05 bits per heavy atom. The molecule has 8 rings (SSSR count). The highest BCUT2D eigenvalue weighted by Gasteiger charge is 2.49. The molecule has 4 fully saturated rings. The minimum absolute atomic E-state index is 0.215. The van der Waals surface area contributed by atoms with Crippen LogP contribution in [-0.4, -0.2) is 82.9 Å². The number of anilines is 2. The van der Waals surface area contributed by atoms with Crippen LogP contribution in [0.1, 0.15) is 43.4 Å². The van der Waals surface area contributed by atoms with Crippen molar-refractivity contribution in [3.8, 4) is 12.2 Å². The predicted molar refractivity (Wildman–Crippen MR) is 161 cm³/mol.